The monoisotopic (exact) mass is 586 g/mol. The zero-order chi connectivity index (χ0) is 29.4. The van der Waals surface area contributed by atoms with E-state index in [9.17, 15) is 18.0 Å². The summed E-state index contributed by atoms with van der Waals surface area (Å²) in [5, 5.41) is 21.1. The third-order valence-corrected chi connectivity index (χ3v) is 7.86. The van der Waals surface area contributed by atoms with E-state index in [1.807, 2.05) is 0 Å². The topological polar surface area (TPSA) is 104 Å². The van der Waals surface area contributed by atoms with E-state index in [2.05, 4.69) is 32.9 Å². The molecular formula is C29H33F3N6O2S. The van der Waals surface area contributed by atoms with Gasteiger partial charge in [0.25, 0.3) is 5.91 Å². The van der Waals surface area contributed by atoms with Crippen LogP contribution in [-0.2, 0) is 0 Å². The van der Waals surface area contributed by atoms with Crippen LogP contribution in [-0.4, -0.2) is 54.0 Å². The number of alkyl halides is 3. The Hall–Kier alpha value is -3.85. The number of amides is 1. The van der Waals surface area contributed by atoms with E-state index in [-0.39, 0.29) is 40.8 Å². The number of nitrogens with zero attached hydrogens (tertiary/aromatic N) is 2. The molecule has 0 bridgehead atoms. The van der Waals surface area contributed by atoms with Gasteiger partial charge in [-0.25, -0.2) is 4.52 Å². The molecule has 0 spiro atoms. The molecule has 0 aliphatic heterocycles. The van der Waals surface area contributed by atoms with Crippen molar-refractivity contribution in [2.45, 2.75) is 55.0 Å². The molecule has 41 heavy (non-hydrogen) atoms. The van der Waals surface area contributed by atoms with Gasteiger partial charge < -0.3 is 26.1 Å². The highest BCUT2D eigenvalue weighted by Gasteiger charge is 2.33. The minimum atomic E-state index is -4.52. The molecule has 3 aromatic rings. The number of halogens is 3. The first-order valence-electron chi connectivity index (χ1n) is 13.4. The molecule has 1 atom stereocenters. The van der Waals surface area contributed by atoms with Crippen LogP contribution in [0.1, 0.15) is 54.6 Å². The Kier molecular flexibility index (Phi) is 10.0. The standard InChI is InChI=1S/C29H33F3N6O2S/c1-34-28(39)20-14-15-25(40-2)23(18-20)35-17-7-11-22-27(41-29(30,31)32)24-12-5-13-26(38(24)37-22)36-21(10-6-16-33)19-8-3-4-9-19/h5,12-16,18-19,21,33,35-36H,3-4,6,8-10,17H2,1-2H3,(H,34,39)/t21-/m1/s1. The summed E-state index contributed by atoms with van der Waals surface area (Å²) in [5.74, 6) is 6.94. The molecule has 4 rings (SSSR count). The average molecular weight is 587 g/mol. The summed E-state index contributed by atoms with van der Waals surface area (Å²) in [7, 11) is 3.03. The minimum Gasteiger partial charge on any atom is -0.495 e. The number of ether oxygens (including phenoxy) is 1. The van der Waals surface area contributed by atoms with E-state index in [1.54, 1.807) is 36.4 Å². The largest absolute Gasteiger partial charge is 0.495 e. The number of benzene rings is 1. The highest BCUT2D eigenvalue weighted by molar-refractivity contribution is 8.00. The van der Waals surface area contributed by atoms with Crippen LogP contribution < -0.4 is 20.7 Å². The fourth-order valence-corrected chi connectivity index (χ4v) is 5.77. The van der Waals surface area contributed by atoms with Gasteiger partial charge in [0, 0.05) is 18.7 Å². The van der Waals surface area contributed by atoms with Crippen molar-refractivity contribution in [3.63, 3.8) is 0 Å². The van der Waals surface area contributed by atoms with Crippen LogP contribution in [0.5, 0.6) is 5.75 Å². The lowest BCUT2D eigenvalue weighted by atomic mass is 9.94. The maximum atomic E-state index is 13.6. The van der Waals surface area contributed by atoms with Crippen molar-refractivity contribution in [1.29, 1.82) is 5.41 Å². The number of rotatable bonds is 11. The Labute approximate surface area is 241 Å². The highest BCUT2D eigenvalue weighted by atomic mass is 32.2. The van der Waals surface area contributed by atoms with Crippen LogP contribution in [0.2, 0.25) is 0 Å². The van der Waals surface area contributed by atoms with E-state index in [4.69, 9.17) is 10.1 Å². The Morgan fingerprint density at radius 2 is 2.07 bits per heavy atom. The number of methoxy groups -OCH3 is 1. The molecule has 12 heteroatoms. The van der Waals surface area contributed by atoms with Crippen LogP contribution in [0.4, 0.5) is 24.7 Å². The zero-order valence-corrected chi connectivity index (χ0v) is 23.7. The molecule has 1 amide bonds. The van der Waals surface area contributed by atoms with Gasteiger partial charge in [-0.05, 0) is 85.8 Å². The Morgan fingerprint density at radius 1 is 1.29 bits per heavy atom. The van der Waals surface area contributed by atoms with Gasteiger partial charge in [-0.3, -0.25) is 4.79 Å². The molecule has 8 nitrogen and oxygen atoms in total. The Bertz CT molecular complexity index is 1440. The number of nitrogens with one attached hydrogen (secondary N) is 4. The van der Waals surface area contributed by atoms with Gasteiger partial charge in [0.15, 0.2) is 0 Å². The fourth-order valence-electron chi connectivity index (χ4n) is 5.09. The SMILES string of the molecule is CNC(=O)c1ccc(OC)c(NCC#Cc2nn3c(N[C@H](CCC=N)C4CCCC4)cccc3c2SC(F)(F)F)c1. The maximum absolute atomic E-state index is 13.6. The molecule has 1 aromatic carbocycles. The Balaban J connectivity index is 1.63. The lowest BCUT2D eigenvalue weighted by molar-refractivity contribution is -0.0327. The summed E-state index contributed by atoms with van der Waals surface area (Å²) in [6.45, 7) is 0.0794. The van der Waals surface area contributed by atoms with E-state index in [1.165, 1.54) is 24.9 Å². The van der Waals surface area contributed by atoms with Gasteiger partial charge in [-0.2, -0.15) is 18.3 Å². The number of fused-ring (bicyclic) bond motifs is 1. The quantitative estimate of drug-likeness (QED) is 0.122. The lowest BCUT2D eigenvalue weighted by Crippen LogP contribution is -2.28. The summed E-state index contributed by atoms with van der Waals surface area (Å²) in [5.41, 5.74) is -3.24. The molecule has 2 aromatic heterocycles. The molecule has 1 saturated carbocycles. The Morgan fingerprint density at radius 3 is 2.76 bits per heavy atom. The number of thioether (sulfide) groups is 1. The maximum Gasteiger partial charge on any atom is 0.446 e. The van der Waals surface area contributed by atoms with Gasteiger partial charge in [-0.1, -0.05) is 24.8 Å². The van der Waals surface area contributed by atoms with Gasteiger partial charge in [-0.15, -0.1) is 0 Å². The third-order valence-electron chi connectivity index (χ3n) is 7.02. The summed E-state index contributed by atoms with van der Waals surface area (Å²) >= 11 is -0.230. The van der Waals surface area contributed by atoms with E-state index in [0.717, 1.165) is 32.1 Å². The number of aromatic nitrogens is 2. The first-order valence-corrected chi connectivity index (χ1v) is 14.2. The highest BCUT2D eigenvalue weighted by Crippen LogP contribution is 2.41. The lowest BCUT2D eigenvalue weighted by Gasteiger charge is -2.25. The predicted molar refractivity (Wildman–Crippen MR) is 156 cm³/mol. The van der Waals surface area contributed by atoms with E-state index < -0.39 is 5.51 Å². The summed E-state index contributed by atoms with van der Waals surface area (Å²) in [6.07, 6.45) is 7.25. The fraction of sp³-hybridized carbons (Fsp3) is 0.414. The molecule has 0 radical (unpaired) electrons. The molecule has 218 valence electrons. The van der Waals surface area contributed by atoms with Gasteiger partial charge >= 0.3 is 5.51 Å². The molecule has 0 saturated heterocycles. The summed E-state index contributed by atoms with van der Waals surface area (Å²) in [4.78, 5) is 11.9. The van der Waals surface area contributed by atoms with Crippen molar-refractivity contribution in [3.05, 3.63) is 47.7 Å². The molecule has 1 fully saturated rings. The predicted octanol–water partition coefficient (Wildman–Crippen LogP) is 6.18. The van der Waals surface area contributed by atoms with Gasteiger partial charge in [0.1, 0.15) is 17.3 Å². The number of anilines is 2. The van der Waals surface area contributed by atoms with Crippen molar-refractivity contribution >= 4 is 40.9 Å². The van der Waals surface area contributed by atoms with Crippen molar-refractivity contribution in [3.8, 4) is 17.6 Å². The molecule has 1 aliphatic rings. The minimum absolute atomic E-state index is 0.0198. The van der Waals surface area contributed by atoms with Crippen LogP contribution >= 0.6 is 11.8 Å². The number of pyridine rings is 1. The molecule has 0 unspecified atom stereocenters. The summed E-state index contributed by atoms with van der Waals surface area (Å²) < 4.78 is 47.6. The van der Waals surface area contributed by atoms with Crippen LogP contribution in [0.3, 0.4) is 0 Å². The first kappa shape index (κ1) is 30.1. The number of carbonyl (C=O) groups excluding carboxylic acids is 1. The normalized spacial score (nSPS) is 14.3. The van der Waals surface area contributed by atoms with Crippen molar-refractivity contribution < 1.29 is 22.7 Å². The molecule has 2 heterocycles. The van der Waals surface area contributed by atoms with Crippen molar-refractivity contribution in [2.75, 3.05) is 31.3 Å². The van der Waals surface area contributed by atoms with Crippen LogP contribution in [0.25, 0.3) is 5.52 Å². The van der Waals surface area contributed by atoms with Crippen LogP contribution in [0, 0.1) is 23.2 Å². The second-order valence-electron chi connectivity index (χ2n) is 9.66. The second kappa shape index (κ2) is 13.7. The third kappa shape index (κ3) is 7.67. The molecule has 4 N–H and O–H groups in total. The average Bonchev–Trinajstić information content (AvgIpc) is 3.61. The first-order chi connectivity index (χ1) is 19.7. The molecular weight excluding hydrogens is 553 g/mol. The van der Waals surface area contributed by atoms with Crippen molar-refractivity contribution in [2.24, 2.45) is 5.92 Å². The van der Waals surface area contributed by atoms with Crippen molar-refractivity contribution in [1.82, 2.24) is 14.9 Å². The van der Waals surface area contributed by atoms with Gasteiger partial charge in [0.05, 0.1) is 29.8 Å². The zero-order valence-electron chi connectivity index (χ0n) is 22.9. The number of hydrogen-bond donors (Lipinski definition) is 4. The van der Waals surface area contributed by atoms with Gasteiger partial charge in [0.2, 0.25) is 0 Å². The van der Waals surface area contributed by atoms with E-state index in [0.29, 0.717) is 40.7 Å². The smallest absolute Gasteiger partial charge is 0.446 e. The second-order valence-corrected chi connectivity index (χ2v) is 10.7. The molecule has 1 aliphatic carbocycles. The number of carbonyl (C=O) groups is 1. The number of hydrogen-bond acceptors (Lipinski definition) is 7. The van der Waals surface area contributed by atoms with E-state index >= 15 is 0 Å². The summed E-state index contributed by atoms with van der Waals surface area (Å²) in [6, 6.07) is 10.1. The van der Waals surface area contributed by atoms with Crippen LogP contribution in [0.15, 0.2) is 41.3 Å².